The summed E-state index contributed by atoms with van der Waals surface area (Å²) in [5, 5.41) is 10.8. The average Bonchev–Trinajstić information content (AvgIpc) is 3.22. The third-order valence-electron chi connectivity index (χ3n) is 6.80. The van der Waals surface area contributed by atoms with Gasteiger partial charge >= 0.3 is 0 Å². The molecule has 0 bridgehead atoms. The van der Waals surface area contributed by atoms with E-state index in [1.54, 1.807) is 24.3 Å². The molecule has 3 aromatic carbocycles. The molecule has 0 aromatic heterocycles. The van der Waals surface area contributed by atoms with E-state index < -0.39 is 23.6 Å². The van der Waals surface area contributed by atoms with Crippen molar-refractivity contribution in [3.63, 3.8) is 0 Å². The number of carbonyl (C=O) groups is 3. The van der Waals surface area contributed by atoms with Crippen LogP contribution in [-0.2, 0) is 5.41 Å². The third-order valence-corrected chi connectivity index (χ3v) is 6.80. The van der Waals surface area contributed by atoms with Gasteiger partial charge in [-0.2, -0.15) is 0 Å². The lowest BCUT2D eigenvalue weighted by Crippen LogP contribution is -2.43. The van der Waals surface area contributed by atoms with Crippen molar-refractivity contribution in [2.75, 3.05) is 4.90 Å². The number of aliphatic hydroxyl groups is 1. The summed E-state index contributed by atoms with van der Waals surface area (Å²) in [4.78, 5) is 41.9. The fourth-order valence-electron chi connectivity index (χ4n) is 4.81. The molecule has 2 heterocycles. The standard InChI is InChI=1S/C30H30N2O5/c1-29(2,3)17-7-11-19(12-8-17)37-20-13-9-18(10-14-20)31-25(33)21-15-23-24(16-22(21)26(31)34)28(36)32(27(23)35)30(4,5)6/h7-16,27,35H,1-6H3. The van der Waals surface area contributed by atoms with Gasteiger partial charge in [0.2, 0.25) is 0 Å². The molecule has 0 radical (unpaired) electrons. The highest BCUT2D eigenvalue weighted by atomic mass is 16.5. The smallest absolute Gasteiger partial charge is 0.266 e. The van der Waals surface area contributed by atoms with Crippen LogP contribution in [0.15, 0.2) is 60.7 Å². The first-order valence-electron chi connectivity index (χ1n) is 12.2. The molecule has 7 nitrogen and oxygen atoms in total. The summed E-state index contributed by atoms with van der Waals surface area (Å²) in [5.74, 6) is -0.121. The number of hydrogen-bond donors (Lipinski definition) is 1. The summed E-state index contributed by atoms with van der Waals surface area (Å²) in [5.41, 5.74) is 1.91. The van der Waals surface area contributed by atoms with E-state index in [1.165, 1.54) is 22.6 Å². The fraction of sp³-hybridized carbons (Fsp3) is 0.300. The Hall–Kier alpha value is -3.97. The van der Waals surface area contributed by atoms with Gasteiger partial charge in [-0.05, 0) is 80.3 Å². The van der Waals surface area contributed by atoms with E-state index in [4.69, 9.17) is 4.74 Å². The molecule has 2 aliphatic heterocycles. The summed E-state index contributed by atoms with van der Waals surface area (Å²) >= 11 is 0. The molecule has 37 heavy (non-hydrogen) atoms. The zero-order valence-electron chi connectivity index (χ0n) is 21.8. The summed E-state index contributed by atoms with van der Waals surface area (Å²) in [6, 6.07) is 17.5. The van der Waals surface area contributed by atoms with Gasteiger partial charge in [0, 0.05) is 16.7 Å². The zero-order valence-corrected chi connectivity index (χ0v) is 21.8. The van der Waals surface area contributed by atoms with Gasteiger partial charge in [0.05, 0.1) is 16.8 Å². The number of nitrogens with zero attached hydrogens (tertiary/aromatic N) is 2. The molecule has 0 saturated carbocycles. The first-order chi connectivity index (χ1) is 17.3. The summed E-state index contributed by atoms with van der Waals surface area (Å²) < 4.78 is 5.94. The number of rotatable bonds is 3. The number of imide groups is 1. The highest BCUT2D eigenvalue weighted by Gasteiger charge is 2.45. The van der Waals surface area contributed by atoms with Gasteiger partial charge in [0.25, 0.3) is 17.7 Å². The Labute approximate surface area is 216 Å². The predicted octanol–water partition coefficient (Wildman–Crippen LogP) is 5.82. The monoisotopic (exact) mass is 498 g/mol. The molecule has 3 aromatic rings. The zero-order chi connectivity index (χ0) is 26.9. The lowest BCUT2D eigenvalue weighted by Gasteiger charge is -2.34. The maximum Gasteiger partial charge on any atom is 0.266 e. The molecule has 2 aliphatic rings. The molecular formula is C30H30N2O5. The molecular weight excluding hydrogens is 468 g/mol. The first kappa shape index (κ1) is 24.7. The van der Waals surface area contributed by atoms with Gasteiger partial charge in [-0.15, -0.1) is 0 Å². The number of anilines is 1. The van der Waals surface area contributed by atoms with Crippen molar-refractivity contribution in [2.45, 2.75) is 58.7 Å². The van der Waals surface area contributed by atoms with Gasteiger partial charge < -0.3 is 14.7 Å². The molecule has 190 valence electrons. The second-order valence-electron chi connectivity index (χ2n) is 11.5. The van der Waals surface area contributed by atoms with Crippen molar-refractivity contribution in [3.8, 4) is 11.5 Å². The number of fused-ring (bicyclic) bond motifs is 2. The lowest BCUT2D eigenvalue weighted by atomic mass is 9.87. The van der Waals surface area contributed by atoms with E-state index in [2.05, 4.69) is 20.8 Å². The van der Waals surface area contributed by atoms with E-state index in [0.29, 0.717) is 22.7 Å². The SMILES string of the molecule is CC(C)(C)c1ccc(Oc2ccc(N3C(=O)c4cc5c(cc4C3=O)C(O)N(C(C)(C)C)C5=O)cc2)cc1. The van der Waals surface area contributed by atoms with E-state index in [1.807, 2.05) is 45.0 Å². The molecule has 5 rings (SSSR count). The number of hydrogen-bond acceptors (Lipinski definition) is 5. The predicted molar refractivity (Wildman–Crippen MR) is 140 cm³/mol. The Morgan fingerprint density at radius 3 is 1.73 bits per heavy atom. The van der Waals surface area contributed by atoms with Crippen LogP contribution in [0, 0.1) is 0 Å². The average molecular weight is 499 g/mol. The van der Waals surface area contributed by atoms with Gasteiger partial charge in [0.1, 0.15) is 11.5 Å². The number of benzene rings is 3. The Bertz CT molecular complexity index is 1430. The number of aliphatic hydroxyl groups excluding tert-OH is 1. The fourth-order valence-corrected chi connectivity index (χ4v) is 4.81. The van der Waals surface area contributed by atoms with Crippen LogP contribution in [0.4, 0.5) is 5.69 Å². The summed E-state index contributed by atoms with van der Waals surface area (Å²) in [6.07, 6.45) is -1.18. The summed E-state index contributed by atoms with van der Waals surface area (Å²) in [7, 11) is 0. The topological polar surface area (TPSA) is 87.2 Å². The maximum absolute atomic E-state index is 13.3. The number of ether oxygens (including phenoxy) is 1. The van der Waals surface area contributed by atoms with Gasteiger partial charge in [-0.3, -0.25) is 14.4 Å². The van der Waals surface area contributed by atoms with Gasteiger partial charge in [-0.25, -0.2) is 4.90 Å². The van der Waals surface area contributed by atoms with Crippen molar-refractivity contribution in [3.05, 3.63) is 88.5 Å². The molecule has 3 amide bonds. The normalized spacial score (nSPS) is 17.4. The molecule has 1 unspecified atom stereocenters. The Morgan fingerprint density at radius 1 is 0.703 bits per heavy atom. The van der Waals surface area contributed by atoms with E-state index in [-0.39, 0.29) is 28.0 Å². The van der Waals surface area contributed by atoms with Crippen LogP contribution in [0.2, 0.25) is 0 Å². The van der Waals surface area contributed by atoms with Crippen LogP contribution >= 0.6 is 0 Å². The number of amides is 3. The van der Waals surface area contributed by atoms with Crippen LogP contribution in [0.5, 0.6) is 11.5 Å². The van der Waals surface area contributed by atoms with Crippen LogP contribution in [0.3, 0.4) is 0 Å². The van der Waals surface area contributed by atoms with E-state index in [9.17, 15) is 19.5 Å². The summed E-state index contributed by atoms with van der Waals surface area (Å²) in [6.45, 7) is 11.9. The Morgan fingerprint density at radius 2 is 1.22 bits per heavy atom. The van der Waals surface area contributed by atoms with Crippen LogP contribution in [0.25, 0.3) is 0 Å². The van der Waals surface area contributed by atoms with E-state index >= 15 is 0 Å². The van der Waals surface area contributed by atoms with E-state index in [0.717, 1.165) is 4.90 Å². The van der Waals surface area contributed by atoms with Crippen molar-refractivity contribution in [1.29, 1.82) is 0 Å². The van der Waals surface area contributed by atoms with Gasteiger partial charge in [-0.1, -0.05) is 32.9 Å². The minimum atomic E-state index is -1.18. The van der Waals surface area contributed by atoms with Gasteiger partial charge in [0.15, 0.2) is 6.23 Å². The molecule has 1 N–H and O–H groups in total. The van der Waals surface area contributed by atoms with Crippen molar-refractivity contribution in [2.24, 2.45) is 0 Å². The Kier molecular flexibility index (Phi) is 5.53. The molecule has 0 aliphatic carbocycles. The van der Waals surface area contributed by atoms with Crippen molar-refractivity contribution < 1.29 is 24.2 Å². The second kappa shape index (κ2) is 8.28. The molecule has 1 atom stereocenters. The minimum absolute atomic E-state index is 0.0457. The highest BCUT2D eigenvalue weighted by molar-refractivity contribution is 6.35. The van der Waals surface area contributed by atoms with Crippen LogP contribution in [0.1, 0.15) is 90.0 Å². The molecule has 0 fully saturated rings. The molecule has 0 saturated heterocycles. The highest BCUT2D eigenvalue weighted by Crippen LogP contribution is 2.41. The maximum atomic E-state index is 13.3. The van der Waals surface area contributed by atoms with Crippen molar-refractivity contribution in [1.82, 2.24) is 4.90 Å². The van der Waals surface area contributed by atoms with Crippen LogP contribution < -0.4 is 9.64 Å². The number of carbonyl (C=O) groups excluding carboxylic acids is 3. The quantitative estimate of drug-likeness (QED) is 0.460. The largest absolute Gasteiger partial charge is 0.457 e. The third kappa shape index (κ3) is 4.09. The minimum Gasteiger partial charge on any atom is -0.457 e. The molecule has 7 heteroatoms. The Balaban J connectivity index is 1.38. The van der Waals surface area contributed by atoms with Crippen molar-refractivity contribution >= 4 is 23.4 Å². The lowest BCUT2D eigenvalue weighted by molar-refractivity contribution is -0.0228. The second-order valence-corrected chi connectivity index (χ2v) is 11.5. The first-order valence-corrected chi connectivity index (χ1v) is 12.2. The van der Waals surface area contributed by atoms with Crippen LogP contribution in [-0.4, -0.2) is 33.3 Å². The molecule has 0 spiro atoms.